The molecule has 5 nitrogen and oxygen atoms in total. The standard InChI is InChI=1S/C16H23NO4/c18-10-5-11-20-15-8-4-9-17(12-15)16(19)21-13-14-6-2-1-3-7-14/h1-3,6-7,15,18H,4-5,8-13H2. The summed E-state index contributed by atoms with van der Waals surface area (Å²) in [5, 5.41) is 8.75. The Labute approximate surface area is 125 Å². The molecule has 0 saturated carbocycles. The van der Waals surface area contributed by atoms with Gasteiger partial charge in [0.05, 0.1) is 12.6 Å². The second-order valence-corrected chi connectivity index (χ2v) is 5.20. The van der Waals surface area contributed by atoms with Crippen molar-refractivity contribution in [1.29, 1.82) is 0 Å². The smallest absolute Gasteiger partial charge is 0.410 e. The van der Waals surface area contributed by atoms with Crippen molar-refractivity contribution < 1.29 is 19.4 Å². The minimum Gasteiger partial charge on any atom is -0.445 e. The van der Waals surface area contributed by atoms with Crippen LogP contribution >= 0.6 is 0 Å². The number of aliphatic hydroxyl groups excluding tert-OH is 1. The summed E-state index contributed by atoms with van der Waals surface area (Å²) in [7, 11) is 0. The van der Waals surface area contributed by atoms with Gasteiger partial charge < -0.3 is 19.5 Å². The summed E-state index contributed by atoms with van der Waals surface area (Å²) in [5.74, 6) is 0. The van der Waals surface area contributed by atoms with Gasteiger partial charge in [-0.25, -0.2) is 4.79 Å². The van der Waals surface area contributed by atoms with Gasteiger partial charge in [-0.05, 0) is 24.8 Å². The van der Waals surface area contributed by atoms with Crippen molar-refractivity contribution >= 4 is 6.09 Å². The molecule has 0 aliphatic carbocycles. The molecule has 0 aromatic heterocycles. The summed E-state index contributed by atoms with van der Waals surface area (Å²) in [5.41, 5.74) is 0.985. The quantitative estimate of drug-likeness (QED) is 0.817. The lowest BCUT2D eigenvalue weighted by Gasteiger charge is -2.31. The Balaban J connectivity index is 1.74. The number of rotatable bonds is 6. The van der Waals surface area contributed by atoms with Crippen LogP contribution in [-0.2, 0) is 16.1 Å². The van der Waals surface area contributed by atoms with Crippen LogP contribution < -0.4 is 0 Å². The summed E-state index contributed by atoms with van der Waals surface area (Å²) in [6.45, 7) is 2.25. The first-order chi connectivity index (χ1) is 10.3. The molecule has 0 spiro atoms. The molecule has 0 bridgehead atoms. The summed E-state index contributed by atoms with van der Waals surface area (Å²) in [4.78, 5) is 13.8. The zero-order valence-electron chi connectivity index (χ0n) is 12.2. The van der Waals surface area contributed by atoms with E-state index in [0.29, 0.717) is 32.7 Å². The van der Waals surface area contributed by atoms with E-state index in [-0.39, 0.29) is 18.8 Å². The maximum atomic E-state index is 12.1. The minimum absolute atomic E-state index is 0.0505. The molecule has 1 aliphatic heterocycles. The molecular formula is C16H23NO4. The summed E-state index contributed by atoms with van der Waals surface area (Å²) in [6.07, 6.45) is 2.27. The van der Waals surface area contributed by atoms with E-state index < -0.39 is 0 Å². The first kappa shape index (κ1) is 15.8. The van der Waals surface area contributed by atoms with Gasteiger partial charge in [-0.2, -0.15) is 0 Å². The van der Waals surface area contributed by atoms with E-state index in [0.717, 1.165) is 18.4 Å². The topological polar surface area (TPSA) is 59.0 Å². The van der Waals surface area contributed by atoms with E-state index in [1.54, 1.807) is 4.90 Å². The summed E-state index contributed by atoms with van der Waals surface area (Å²) >= 11 is 0. The van der Waals surface area contributed by atoms with Crippen LogP contribution in [0.5, 0.6) is 0 Å². The second kappa shape index (κ2) is 8.64. The third-order valence-corrected chi connectivity index (χ3v) is 3.50. The Morgan fingerprint density at radius 2 is 2.14 bits per heavy atom. The number of piperidine rings is 1. The van der Waals surface area contributed by atoms with Crippen LogP contribution in [0.4, 0.5) is 4.79 Å². The van der Waals surface area contributed by atoms with Crippen LogP contribution in [0.2, 0.25) is 0 Å². The van der Waals surface area contributed by atoms with Gasteiger partial charge in [0.1, 0.15) is 6.61 Å². The van der Waals surface area contributed by atoms with E-state index in [1.807, 2.05) is 30.3 Å². The fourth-order valence-corrected chi connectivity index (χ4v) is 2.37. The molecule has 1 aromatic rings. The van der Waals surface area contributed by atoms with Crippen molar-refractivity contribution in [3.8, 4) is 0 Å². The Morgan fingerprint density at radius 3 is 2.90 bits per heavy atom. The highest BCUT2D eigenvalue weighted by Gasteiger charge is 2.25. The molecule has 1 aromatic carbocycles. The van der Waals surface area contributed by atoms with Crippen LogP contribution in [0.15, 0.2) is 30.3 Å². The van der Waals surface area contributed by atoms with Gasteiger partial charge in [-0.15, -0.1) is 0 Å². The largest absolute Gasteiger partial charge is 0.445 e. The molecule has 1 unspecified atom stereocenters. The van der Waals surface area contributed by atoms with Crippen LogP contribution in [0.25, 0.3) is 0 Å². The third kappa shape index (κ3) is 5.36. The van der Waals surface area contributed by atoms with Gasteiger partial charge in [0, 0.05) is 19.8 Å². The molecule has 2 rings (SSSR count). The normalized spacial score (nSPS) is 18.5. The average Bonchev–Trinajstić information content (AvgIpc) is 2.54. The lowest BCUT2D eigenvalue weighted by molar-refractivity contribution is -0.00736. The van der Waals surface area contributed by atoms with Crippen molar-refractivity contribution in [2.75, 3.05) is 26.3 Å². The van der Waals surface area contributed by atoms with Crippen LogP contribution in [-0.4, -0.2) is 48.5 Å². The van der Waals surface area contributed by atoms with Crippen molar-refractivity contribution in [2.24, 2.45) is 0 Å². The average molecular weight is 293 g/mol. The summed E-state index contributed by atoms with van der Waals surface area (Å²) < 4.78 is 11.0. The van der Waals surface area contributed by atoms with E-state index >= 15 is 0 Å². The molecule has 5 heteroatoms. The maximum absolute atomic E-state index is 12.1. The number of benzene rings is 1. The van der Waals surface area contributed by atoms with Gasteiger partial charge >= 0.3 is 6.09 Å². The third-order valence-electron chi connectivity index (χ3n) is 3.50. The van der Waals surface area contributed by atoms with Crippen molar-refractivity contribution in [2.45, 2.75) is 32.0 Å². The minimum atomic E-state index is -0.283. The number of hydrogen-bond donors (Lipinski definition) is 1. The molecule has 116 valence electrons. The van der Waals surface area contributed by atoms with Crippen LogP contribution in [0.3, 0.4) is 0 Å². The van der Waals surface area contributed by atoms with E-state index in [4.69, 9.17) is 14.6 Å². The zero-order chi connectivity index (χ0) is 14.9. The Kier molecular flexibility index (Phi) is 6.50. The predicted octanol–water partition coefficient (Wildman–Crippen LogP) is 2.19. The highest BCUT2D eigenvalue weighted by molar-refractivity contribution is 5.67. The van der Waals surface area contributed by atoms with Gasteiger partial charge in [0.15, 0.2) is 0 Å². The van der Waals surface area contributed by atoms with Gasteiger partial charge in [0.25, 0.3) is 0 Å². The Bertz CT molecular complexity index is 424. The van der Waals surface area contributed by atoms with Gasteiger partial charge in [-0.3, -0.25) is 0 Å². The predicted molar refractivity (Wildman–Crippen MR) is 78.9 cm³/mol. The molecule has 1 atom stereocenters. The number of nitrogens with zero attached hydrogens (tertiary/aromatic N) is 1. The SMILES string of the molecule is O=C(OCc1ccccc1)N1CCCC(OCCCO)C1. The molecule has 1 aliphatic rings. The number of hydrogen-bond acceptors (Lipinski definition) is 4. The number of carbonyl (C=O) groups is 1. The second-order valence-electron chi connectivity index (χ2n) is 5.20. The van der Waals surface area contributed by atoms with Crippen LogP contribution in [0.1, 0.15) is 24.8 Å². The number of carbonyl (C=O) groups excluding carboxylic acids is 1. The lowest BCUT2D eigenvalue weighted by atomic mass is 10.1. The van der Waals surface area contributed by atoms with Gasteiger partial charge in [0.2, 0.25) is 0 Å². The van der Waals surface area contributed by atoms with E-state index in [1.165, 1.54) is 0 Å². The molecule has 1 fully saturated rings. The molecular weight excluding hydrogens is 270 g/mol. The first-order valence-electron chi connectivity index (χ1n) is 7.47. The van der Waals surface area contributed by atoms with E-state index in [2.05, 4.69) is 0 Å². The van der Waals surface area contributed by atoms with Crippen molar-refractivity contribution in [3.63, 3.8) is 0 Å². The zero-order valence-corrected chi connectivity index (χ0v) is 12.2. The first-order valence-corrected chi connectivity index (χ1v) is 7.47. The molecule has 21 heavy (non-hydrogen) atoms. The highest BCUT2D eigenvalue weighted by atomic mass is 16.6. The van der Waals surface area contributed by atoms with Crippen molar-refractivity contribution in [1.82, 2.24) is 4.90 Å². The monoisotopic (exact) mass is 293 g/mol. The Morgan fingerprint density at radius 1 is 1.33 bits per heavy atom. The number of aliphatic hydroxyl groups is 1. The van der Waals surface area contributed by atoms with Crippen molar-refractivity contribution in [3.05, 3.63) is 35.9 Å². The molecule has 1 heterocycles. The lowest BCUT2D eigenvalue weighted by Crippen LogP contribution is -2.43. The van der Waals surface area contributed by atoms with Gasteiger partial charge in [-0.1, -0.05) is 30.3 Å². The highest BCUT2D eigenvalue weighted by Crippen LogP contribution is 2.15. The molecule has 1 amide bonds. The molecule has 0 radical (unpaired) electrons. The Hall–Kier alpha value is -1.59. The fraction of sp³-hybridized carbons (Fsp3) is 0.562. The summed E-state index contributed by atoms with van der Waals surface area (Å²) in [6, 6.07) is 9.66. The van der Waals surface area contributed by atoms with Crippen LogP contribution in [0, 0.1) is 0 Å². The fourth-order valence-electron chi connectivity index (χ4n) is 2.37. The number of likely N-dealkylation sites (tertiary alicyclic amines) is 1. The number of amides is 1. The molecule has 1 saturated heterocycles. The van der Waals surface area contributed by atoms with E-state index in [9.17, 15) is 4.79 Å². The molecule has 1 N–H and O–H groups in total. The maximum Gasteiger partial charge on any atom is 0.410 e. The number of ether oxygens (including phenoxy) is 2.